The molecule has 2 aromatic heterocycles. The minimum atomic E-state index is -0.233. The molecule has 0 unspecified atom stereocenters. The molecule has 0 atom stereocenters. The van der Waals surface area contributed by atoms with Crippen LogP contribution in [0.25, 0.3) is 23.1 Å². The van der Waals surface area contributed by atoms with Crippen LogP contribution in [0.1, 0.15) is 15.9 Å². The summed E-state index contributed by atoms with van der Waals surface area (Å²) in [5, 5.41) is 11.0. The molecule has 0 aliphatic heterocycles. The van der Waals surface area contributed by atoms with Crippen LogP contribution in [0.3, 0.4) is 0 Å². The van der Waals surface area contributed by atoms with Crippen LogP contribution in [0.5, 0.6) is 5.75 Å². The van der Waals surface area contributed by atoms with Crippen LogP contribution in [0, 0.1) is 0 Å². The number of amides is 1. The Morgan fingerprint density at radius 3 is 2.45 bits per heavy atom. The Morgan fingerprint density at radius 2 is 1.67 bits per heavy atom. The third-order valence-corrected chi connectivity index (χ3v) is 4.89. The second kappa shape index (κ2) is 9.23. The molecule has 5 rings (SSSR count). The highest BCUT2D eigenvalue weighted by Crippen LogP contribution is 2.26. The van der Waals surface area contributed by atoms with Crippen LogP contribution >= 0.6 is 0 Å². The average molecular weight is 437 g/mol. The lowest BCUT2D eigenvalue weighted by molar-refractivity contribution is 0.102. The second-order valence-corrected chi connectivity index (χ2v) is 7.22. The Labute approximate surface area is 189 Å². The summed E-state index contributed by atoms with van der Waals surface area (Å²) in [7, 11) is 0. The van der Waals surface area contributed by atoms with Crippen LogP contribution in [0.2, 0.25) is 0 Å². The van der Waals surface area contributed by atoms with Crippen molar-refractivity contribution >= 4 is 11.6 Å². The predicted molar refractivity (Wildman–Crippen MR) is 123 cm³/mol. The van der Waals surface area contributed by atoms with E-state index in [1.807, 2.05) is 42.5 Å². The molecule has 7 nitrogen and oxygen atoms in total. The van der Waals surface area contributed by atoms with Crippen molar-refractivity contribution in [1.29, 1.82) is 0 Å². The van der Waals surface area contributed by atoms with Gasteiger partial charge in [0.1, 0.15) is 12.4 Å². The van der Waals surface area contributed by atoms with Crippen LogP contribution in [0.15, 0.2) is 106 Å². The molecule has 162 valence electrons. The van der Waals surface area contributed by atoms with Crippen LogP contribution in [-0.2, 0) is 6.61 Å². The highest BCUT2D eigenvalue weighted by Gasteiger charge is 2.13. The lowest BCUT2D eigenvalue weighted by Gasteiger charge is -2.09. The van der Waals surface area contributed by atoms with Gasteiger partial charge < -0.3 is 18.9 Å². The fraction of sp³-hybridized carbons (Fsp3) is 0.0385. The summed E-state index contributed by atoms with van der Waals surface area (Å²) in [6, 6.07) is 27.6. The number of ether oxygens (including phenoxy) is 1. The van der Waals surface area contributed by atoms with E-state index in [4.69, 9.17) is 13.6 Å². The number of furan rings is 1. The van der Waals surface area contributed by atoms with Crippen molar-refractivity contribution in [2.24, 2.45) is 0 Å². The third kappa shape index (κ3) is 4.83. The Kier molecular flexibility index (Phi) is 5.67. The van der Waals surface area contributed by atoms with E-state index < -0.39 is 0 Å². The first-order chi connectivity index (χ1) is 16.2. The smallest absolute Gasteiger partial charge is 0.283 e. The second-order valence-electron chi connectivity index (χ2n) is 7.22. The zero-order chi connectivity index (χ0) is 22.5. The van der Waals surface area contributed by atoms with Crippen molar-refractivity contribution in [2.45, 2.75) is 6.61 Å². The molecule has 0 radical (unpaired) electrons. The van der Waals surface area contributed by atoms with Gasteiger partial charge in [-0.3, -0.25) is 4.79 Å². The first-order valence-electron chi connectivity index (χ1n) is 10.3. The summed E-state index contributed by atoms with van der Waals surface area (Å²) in [5.74, 6) is 1.58. The van der Waals surface area contributed by atoms with Gasteiger partial charge in [0.15, 0.2) is 5.76 Å². The standard InChI is InChI=1S/C26H19N3O4/c30-24(19-11-13-22(14-12-19)32-17-18-6-2-1-3-7-18)27-21-9-4-8-20(16-21)25-28-29-26(33-25)23-10-5-15-31-23/h1-16H,17H2,(H,27,30). The van der Waals surface area contributed by atoms with E-state index in [1.165, 1.54) is 6.26 Å². The van der Waals surface area contributed by atoms with E-state index in [1.54, 1.807) is 48.5 Å². The summed E-state index contributed by atoms with van der Waals surface area (Å²) >= 11 is 0. The fourth-order valence-corrected chi connectivity index (χ4v) is 3.22. The number of rotatable bonds is 7. The molecule has 33 heavy (non-hydrogen) atoms. The molecule has 0 spiro atoms. The lowest BCUT2D eigenvalue weighted by atomic mass is 10.1. The Bertz CT molecular complexity index is 1340. The van der Waals surface area contributed by atoms with Crippen molar-refractivity contribution < 1.29 is 18.4 Å². The molecule has 0 bridgehead atoms. The van der Waals surface area contributed by atoms with Gasteiger partial charge in [-0.25, -0.2) is 0 Å². The van der Waals surface area contributed by atoms with Crippen LogP contribution in [0.4, 0.5) is 5.69 Å². The van der Waals surface area contributed by atoms with Crippen molar-refractivity contribution in [1.82, 2.24) is 10.2 Å². The van der Waals surface area contributed by atoms with Crippen molar-refractivity contribution in [2.75, 3.05) is 5.32 Å². The number of aromatic nitrogens is 2. The van der Waals surface area contributed by atoms with Crippen LogP contribution in [-0.4, -0.2) is 16.1 Å². The molecule has 1 N–H and O–H groups in total. The van der Waals surface area contributed by atoms with E-state index in [9.17, 15) is 4.79 Å². The average Bonchev–Trinajstić information content (AvgIpc) is 3.56. The Morgan fingerprint density at radius 1 is 0.848 bits per heavy atom. The maximum Gasteiger partial charge on any atom is 0.283 e. The monoisotopic (exact) mass is 437 g/mol. The molecule has 0 fully saturated rings. The van der Waals surface area contributed by atoms with E-state index in [2.05, 4.69) is 15.5 Å². The molecule has 2 heterocycles. The fourth-order valence-electron chi connectivity index (χ4n) is 3.22. The molecular weight excluding hydrogens is 418 g/mol. The molecule has 1 amide bonds. The van der Waals surface area contributed by atoms with Gasteiger partial charge in [0, 0.05) is 16.8 Å². The van der Waals surface area contributed by atoms with Gasteiger partial charge in [-0.15, -0.1) is 10.2 Å². The number of nitrogens with zero attached hydrogens (tertiary/aromatic N) is 2. The third-order valence-electron chi connectivity index (χ3n) is 4.89. The van der Waals surface area contributed by atoms with Gasteiger partial charge in [0.25, 0.3) is 11.8 Å². The van der Waals surface area contributed by atoms with E-state index in [0.717, 1.165) is 5.56 Å². The van der Waals surface area contributed by atoms with Gasteiger partial charge in [0.05, 0.1) is 6.26 Å². The number of benzene rings is 3. The van der Waals surface area contributed by atoms with Gasteiger partial charge >= 0.3 is 0 Å². The molecule has 5 aromatic rings. The molecular formula is C26H19N3O4. The predicted octanol–water partition coefficient (Wildman–Crippen LogP) is 5.83. The zero-order valence-electron chi connectivity index (χ0n) is 17.5. The normalized spacial score (nSPS) is 10.7. The number of anilines is 1. The quantitative estimate of drug-likeness (QED) is 0.345. The Balaban J connectivity index is 1.24. The van der Waals surface area contributed by atoms with Crippen molar-refractivity contribution in [3.63, 3.8) is 0 Å². The highest BCUT2D eigenvalue weighted by atomic mass is 16.5. The minimum Gasteiger partial charge on any atom is -0.489 e. The SMILES string of the molecule is O=C(Nc1cccc(-c2nnc(-c3ccco3)o2)c1)c1ccc(OCc2ccccc2)cc1. The molecule has 3 aromatic carbocycles. The minimum absolute atomic E-state index is 0.233. The molecule has 0 saturated carbocycles. The van der Waals surface area contributed by atoms with Gasteiger partial charge in [-0.05, 0) is 60.2 Å². The maximum absolute atomic E-state index is 12.7. The number of hydrogen-bond acceptors (Lipinski definition) is 6. The van der Waals surface area contributed by atoms with E-state index in [0.29, 0.717) is 46.7 Å². The number of carbonyl (C=O) groups excluding carboxylic acids is 1. The summed E-state index contributed by atoms with van der Waals surface area (Å²) in [5.41, 5.74) is 2.89. The molecule has 0 aliphatic rings. The summed E-state index contributed by atoms with van der Waals surface area (Å²) in [6.07, 6.45) is 1.54. The van der Waals surface area contributed by atoms with E-state index in [-0.39, 0.29) is 5.91 Å². The first-order valence-corrected chi connectivity index (χ1v) is 10.3. The maximum atomic E-state index is 12.7. The summed E-state index contributed by atoms with van der Waals surface area (Å²) in [4.78, 5) is 12.7. The number of hydrogen-bond donors (Lipinski definition) is 1. The largest absolute Gasteiger partial charge is 0.489 e. The van der Waals surface area contributed by atoms with Crippen molar-refractivity contribution in [3.8, 4) is 28.9 Å². The number of nitrogens with one attached hydrogen (secondary N) is 1. The highest BCUT2D eigenvalue weighted by molar-refractivity contribution is 6.04. The Hall–Kier alpha value is -4.65. The van der Waals surface area contributed by atoms with Crippen LogP contribution < -0.4 is 10.1 Å². The van der Waals surface area contributed by atoms with Gasteiger partial charge in [-0.1, -0.05) is 36.4 Å². The van der Waals surface area contributed by atoms with Crippen molar-refractivity contribution in [3.05, 3.63) is 108 Å². The topological polar surface area (TPSA) is 90.4 Å². The van der Waals surface area contributed by atoms with Gasteiger partial charge in [-0.2, -0.15) is 0 Å². The van der Waals surface area contributed by atoms with Gasteiger partial charge in [0.2, 0.25) is 5.89 Å². The molecule has 0 aliphatic carbocycles. The summed E-state index contributed by atoms with van der Waals surface area (Å²) < 4.78 is 16.7. The van der Waals surface area contributed by atoms with E-state index >= 15 is 0 Å². The zero-order valence-corrected chi connectivity index (χ0v) is 17.5. The summed E-state index contributed by atoms with van der Waals surface area (Å²) in [6.45, 7) is 0.469. The first kappa shape index (κ1) is 20.3. The lowest BCUT2D eigenvalue weighted by Crippen LogP contribution is -2.11. The number of carbonyl (C=O) groups is 1. The molecule has 7 heteroatoms. The molecule has 0 saturated heterocycles.